The Bertz CT molecular complexity index is 448. The first kappa shape index (κ1) is 12.7. The van der Waals surface area contributed by atoms with Crippen molar-refractivity contribution in [1.29, 1.82) is 0 Å². The topological polar surface area (TPSA) is 92.6 Å². The maximum atomic E-state index is 11.3. The second-order valence-electron chi connectivity index (χ2n) is 4.77. The third kappa shape index (κ3) is 2.56. The van der Waals surface area contributed by atoms with Gasteiger partial charge in [0.1, 0.15) is 0 Å². The number of carbonyl (C=O) groups is 1. The van der Waals surface area contributed by atoms with Crippen molar-refractivity contribution in [3.05, 3.63) is 23.8 Å². The third-order valence-corrected chi connectivity index (χ3v) is 3.44. The zero-order valence-electron chi connectivity index (χ0n) is 10.3. The van der Waals surface area contributed by atoms with Crippen LogP contribution in [-0.4, -0.2) is 30.7 Å². The lowest BCUT2D eigenvalue weighted by atomic mass is 9.98. The van der Waals surface area contributed by atoms with Crippen LogP contribution in [0.4, 0.5) is 11.4 Å². The number of piperidine rings is 1. The molecule has 0 aliphatic carbocycles. The standard InChI is InChI=1S/C13H19N3O2/c14-12-4-3-10(6-11(12)13(15)18)16-5-1-2-9(7-16)8-17/h3-4,6,9,17H,1-2,5,7-8,14H2,(H2,15,18). The molecule has 5 nitrogen and oxygen atoms in total. The van der Waals surface area contributed by atoms with Crippen molar-refractivity contribution in [3.8, 4) is 0 Å². The molecule has 1 atom stereocenters. The van der Waals surface area contributed by atoms with Crippen LogP contribution < -0.4 is 16.4 Å². The molecule has 5 heteroatoms. The molecule has 2 rings (SSSR count). The van der Waals surface area contributed by atoms with E-state index in [1.165, 1.54) is 0 Å². The van der Waals surface area contributed by atoms with Gasteiger partial charge >= 0.3 is 0 Å². The minimum atomic E-state index is -0.509. The van der Waals surface area contributed by atoms with Crippen LogP contribution in [0.25, 0.3) is 0 Å². The number of carbonyl (C=O) groups excluding carboxylic acids is 1. The number of nitrogens with zero attached hydrogens (tertiary/aromatic N) is 1. The van der Waals surface area contributed by atoms with E-state index in [0.717, 1.165) is 31.6 Å². The van der Waals surface area contributed by atoms with Crippen molar-refractivity contribution < 1.29 is 9.90 Å². The lowest BCUT2D eigenvalue weighted by Crippen LogP contribution is -2.36. The fourth-order valence-electron chi connectivity index (χ4n) is 2.40. The van der Waals surface area contributed by atoms with Crippen molar-refractivity contribution >= 4 is 17.3 Å². The number of nitrogen functional groups attached to an aromatic ring is 1. The summed E-state index contributed by atoms with van der Waals surface area (Å²) < 4.78 is 0. The molecule has 1 aromatic carbocycles. The highest BCUT2D eigenvalue weighted by Crippen LogP contribution is 2.25. The molecule has 1 heterocycles. The van der Waals surface area contributed by atoms with Crippen molar-refractivity contribution in [2.45, 2.75) is 12.8 Å². The number of hydrogen-bond donors (Lipinski definition) is 3. The van der Waals surface area contributed by atoms with Crippen LogP contribution in [0.1, 0.15) is 23.2 Å². The van der Waals surface area contributed by atoms with Crippen molar-refractivity contribution in [2.75, 3.05) is 30.3 Å². The van der Waals surface area contributed by atoms with E-state index in [1.54, 1.807) is 12.1 Å². The van der Waals surface area contributed by atoms with Gasteiger partial charge in [-0.3, -0.25) is 4.79 Å². The van der Waals surface area contributed by atoms with Gasteiger partial charge in [0.25, 0.3) is 5.91 Å². The monoisotopic (exact) mass is 249 g/mol. The molecule has 18 heavy (non-hydrogen) atoms. The maximum absolute atomic E-state index is 11.3. The quantitative estimate of drug-likeness (QED) is 0.683. The van der Waals surface area contributed by atoms with Crippen LogP contribution in [0.3, 0.4) is 0 Å². The highest BCUT2D eigenvalue weighted by molar-refractivity contribution is 5.99. The molecule has 5 N–H and O–H groups in total. The zero-order valence-corrected chi connectivity index (χ0v) is 10.3. The number of aliphatic hydroxyl groups is 1. The van der Waals surface area contributed by atoms with Crippen LogP contribution in [0.15, 0.2) is 18.2 Å². The van der Waals surface area contributed by atoms with Gasteiger partial charge in [-0.1, -0.05) is 0 Å². The van der Waals surface area contributed by atoms with Crippen LogP contribution in [0, 0.1) is 5.92 Å². The van der Waals surface area contributed by atoms with Crippen LogP contribution in [0.5, 0.6) is 0 Å². The molecule has 1 aromatic rings. The van der Waals surface area contributed by atoms with Crippen LogP contribution in [0.2, 0.25) is 0 Å². The highest BCUT2D eigenvalue weighted by atomic mass is 16.3. The van der Waals surface area contributed by atoms with Crippen molar-refractivity contribution in [1.82, 2.24) is 0 Å². The number of aliphatic hydroxyl groups excluding tert-OH is 1. The molecule has 1 saturated heterocycles. The third-order valence-electron chi connectivity index (χ3n) is 3.44. The fourth-order valence-corrected chi connectivity index (χ4v) is 2.40. The average molecular weight is 249 g/mol. The lowest BCUT2D eigenvalue weighted by Gasteiger charge is -2.33. The Balaban J connectivity index is 2.22. The predicted octanol–water partition coefficient (Wildman–Crippen LogP) is 0.576. The molecule has 0 bridgehead atoms. The second-order valence-corrected chi connectivity index (χ2v) is 4.77. The Morgan fingerprint density at radius 3 is 2.94 bits per heavy atom. The number of rotatable bonds is 3. The summed E-state index contributed by atoms with van der Waals surface area (Å²) in [6.07, 6.45) is 2.09. The Morgan fingerprint density at radius 1 is 1.50 bits per heavy atom. The van der Waals surface area contributed by atoms with Gasteiger partial charge in [0.15, 0.2) is 0 Å². The van der Waals surface area contributed by atoms with E-state index in [1.807, 2.05) is 6.07 Å². The molecule has 1 aliphatic rings. The van der Waals surface area contributed by atoms with Gasteiger partial charge in [0.2, 0.25) is 0 Å². The summed E-state index contributed by atoms with van der Waals surface area (Å²) in [5, 5.41) is 9.22. The Morgan fingerprint density at radius 2 is 2.28 bits per heavy atom. The lowest BCUT2D eigenvalue weighted by molar-refractivity contribution is 0.100. The van der Waals surface area contributed by atoms with Crippen molar-refractivity contribution in [3.63, 3.8) is 0 Å². The van der Waals surface area contributed by atoms with E-state index >= 15 is 0 Å². The number of amides is 1. The molecule has 98 valence electrons. The summed E-state index contributed by atoms with van der Waals surface area (Å²) in [6.45, 7) is 1.94. The predicted molar refractivity (Wildman–Crippen MR) is 71.4 cm³/mol. The molecule has 1 amide bonds. The molecule has 1 unspecified atom stereocenters. The van der Waals surface area contributed by atoms with Crippen molar-refractivity contribution in [2.24, 2.45) is 11.7 Å². The van der Waals surface area contributed by atoms with Gasteiger partial charge in [-0.15, -0.1) is 0 Å². The van der Waals surface area contributed by atoms with Gasteiger partial charge in [-0.2, -0.15) is 0 Å². The maximum Gasteiger partial charge on any atom is 0.250 e. The number of benzene rings is 1. The number of hydrogen-bond acceptors (Lipinski definition) is 4. The summed E-state index contributed by atoms with van der Waals surface area (Å²) in [5.74, 6) is -0.210. The largest absolute Gasteiger partial charge is 0.398 e. The number of primary amides is 1. The Labute approximate surface area is 106 Å². The molecule has 0 spiro atoms. The first-order chi connectivity index (χ1) is 8.61. The highest BCUT2D eigenvalue weighted by Gasteiger charge is 2.20. The van der Waals surface area contributed by atoms with Gasteiger partial charge in [-0.25, -0.2) is 0 Å². The normalized spacial score (nSPS) is 19.8. The van der Waals surface area contributed by atoms with E-state index < -0.39 is 5.91 Å². The molecule has 0 radical (unpaired) electrons. The summed E-state index contributed by atoms with van der Waals surface area (Å²) in [6, 6.07) is 5.33. The molecule has 1 fully saturated rings. The number of anilines is 2. The SMILES string of the molecule is NC(=O)c1cc(N2CCCC(CO)C2)ccc1N. The first-order valence-electron chi connectivity index (χ1n) is 6.17. The minimum Gasteiger partial charge on any atom is -0.398 e. The van der Waals surface area contributed by atoms with Gasteiger partial charge in [0.05, 0.1) is 5.56 Å². The van der Waals surface area contributed by atoms with E-state index in [0.29, 0.717) is 17.2 Å². The molecule has 0 saturated carbocycles. The molecular formula is C13H19N3O2. The summed E-state index contributed by atoms with van der Waals surface area (Å²) in [5.41, 5.74) is 12.7. The zero-order chi connectivity index (χ0) is 13.1. The summed E-state index contributed by atoms with van der Waals surface area (Å²) in [7, 11) is 0. The summed E-state index contributed by atoms with van der Waals surface area (Å²) >= 11 is 0. The molecule has 1 aliphatic heterocycles. The van der Waals surface area contributed by atoms with E-state index in [4.69, 9.17) is 11.5 Å². The van der Waals surface area contributed by atoms with Gasteiger partial charge in [-0.05, 0) is 37.0 Å². The average Bonchev–Trinajstić information content (AvgIpc) is 2.39. The first-order valence-corrected chi connectivity index (χ1v) is 6.17. The Kier molecular flexibility index (Phi) is 3.72. The molecular weight excluding hydrogens is 230 g/mol. The fraction of sp³-hybridized carbons (Fsp3) is 0.462. The van der Waals surface area contributed by atoms with Crippen LogP contribution >= 0.6 is 0 Å². The smallest absolute Gasteiger partial charge is 0.250 e. The van der Waals surface area contributed by atoms with Crippen LogP contribution in [-0.2, 0) is 0 Å². The summed E-state index contributed by atoms with van der Waals surface area (Å²) in [4.78, 5) is 13.4. The van der Waals surface area contributed by atoms with E-state index in [-0.39, 0.29) is 6.61 Å². The Hall–Kier alpha value is -1.75. The van der Waals surface area contributed by atoms with E-state index in [2.05, 4.69) is 4.90 Å². The minimum absolute atomic E-state index is 0.203. The van der Waals surface area contributed by atoms with Gasteiger partial charge < -0.3 is 21.5 Å². The van der Waals surface area contributed by atoms with Gasteiger partial charge in [0, 0.05) is 31.1 Å². The van der Waals surface area contributed by atoms with E-state index in [9.17, 15) is 9.90 Å². The molecule has 0 aromatic heterocycles. The number of nitrogens with two attached hydrogens (primary N) is 2. The second kappa shape index (κ2) is 5.27.